The number of aliphatic imine (C=N–C) groups is 1. The average molecular weight is 131 g/mol. The van der Waals surface area contributed by atoms with E-state index in [1.54, 1.807) is 0 Å². The summed E-state index contributed by atoms with van der Waals surface area (Å²) in [5.74, 6) is 0.160. The van der Waals surface area contributed by atoms with Crippen molar-refractivity contribution in [3.05, 3.63) is 0 Å². The van der Waals surface area contributed by atoms with E-state index in [2.05, 4.69) is 4.99 Å². The van der Waals surface area contributed by atoms with Crippen molar-refractivity contribution in [1.82, 2.24) is 0 Å². The van der Waals surface area contributed by atoms with Gasteiger partial charge in [0.1, 0.15) is 0 Å². The van der Waals surface area contributed by atoms with Gasteiger partial charge in [0.15, 0.2) is 5.97 Å². The summed E-state index contributed by atoms with van der Waals surface area (Å²) >= 11 is 0. The average Bonchev–Trinajstić information content (AvgIpc) is 1.63. The highest BCUT2D eigenvalue weighted by molar-refractivity contribution is 5.74. The van der Waals surface area contributed by atoms with Crippen LogP contribution < -0.4 is 0 Å². The van der Waals surface area contributed by atoms with E-state index in [4.69, 9.17) is 0 Å². The Morgan fingerprint density at radius 3 is 2.44 bits per heavy atom. The topological polar surface area (TPSA) is 12.4 Å². The molecule has 0 radical (unpaired) electrons. The maximum Gasteiger partial charge on any atom is 0.184 e. The molecule has 0 aliphatic rings. The Morgan fingerprint density at radius 2 is 2.11 bits per heavy atom. The summed E-state index contributed by atoms with van der Waals surface area (Å²) in [6.07, 6.45) is 0.480. The Hall–Kier alpha value is -0.400. The maximum absolute atomic E-state index is 12.4. The Labute approximate surface area is 56.0 Å². The van der Waals surface area contributed by atoms with Gasteiger partial charge in [-0.25, -0.2) is 0 Å². The van der Waals surface area contributed by atoms with Crippen LogP contribution in [-0.4, -0.2) is 12.5 Å². The summed E-state index contributed by atoms with van der Waals surface area (Å²) in [6.45, 7) is 6.34. The van der Waals surface area contributed by atoms with Crippen molar-refractivity contribution in [3.63, 3.8) is 0 Å². The summed E-state index contributed by atoms with van der Waals surface area (Å²) in [5.41, 5.74) is 0. The second-order valence-electron chi connectivity index (χ2n) is 2.45. The Morgan fingerprint density at radius 1 is 1.56 bits per heavy atom. The summed E-state index contributed by atoms with van der Waals surface area (Å²) in [7, 11) is 0. The van der Waals surface area contributed by atoms with Crippen molar-refractivity contribution in [1.29, 1.82) is 0 Å². The van der Waals surface area contributed by atoms with Gasteiger partial charge in [-0.15, -0.1) is 0 Å². The number of hydrogen-bond donors (Lipinski definition) is 0. The predicted octanol–water partition coefficient (Wildman–Crippen LogP) is 2.42. The van der Waals surface area contributed by atoms with Crippen LogP contribution in [-0.2, 0) is 0 Å². The van der Waals surface area contributed by atoms with Gasteiger partial charge in [0, 0.05) is 13.0 Å². The largest absolute Gasteiger partial charge is 0.262 e. The zero-order valence-electron chi connectivity index (χ0n) is 6.32. The smallest absolute Gasteiger partial charge is 0.184 e. The molecule has 0 N–H and O–H groups in total. The summed E-state index contributed by atoms with van der Waals surface area (Å²) in [4.78, 5) is 3.61. The highest BCUT2D eigenvalue weighted by Gasteiger charge is 1.98. The van der Waals surface area contributed by atoms with E-state index in [0.29, 0.717) is 18.9 Å². The molecule has 1 nitrogen and oxygen atoms in total. The molecule has 54 valence electrons. The number of hydrogen-bond acceptors (Lipinski definition) is 1. The van der Waals surface area contributed by atoms with Gasteiger partial charge in [0.05, 0.1) is 0 Å². The van der Waals surface area contributed by atoms with Crippen LogP contribution in [0, 0.1) is 5.92 Å². The van der Waals surface area contributed by atoms with E-state index in [1.165, 1.54) is 0 Å². The number of nitrogens with zero attached hydrogens (tertiary/aromatic N) is 1. The lowest BCUT2D eigenvalue weighted by atomic mass is 10.1. The monoisotopic (exact) mass is 131 g/mol. The van der Waals surface area contributed by atoms with E-state index >= 15 is 0 Å². The SMILES string of the molecule is CC/N=C(/F)CC(C)C. The zero-order valence-corrected chi connectivity index (χ0v) is 6.32. The fourth-order valence-electron chi connectivity index (χ4n) is 0.573. The van der Waals surface area contributed by atoms with E-state index in [0.717, 1.165) is 0 Å². The first kappa shape index (κ1) is 8.60. The van der Waals surface area contributed by atoms with E-state index < -0.39 is 0 Å². The van der Waals surface area contributed by atoms with Gasteiger partial charge >= 0.3 is 0 Å². The molecule has 0 unspecified atom stereocenters. The van der Waals surface area contributed by atoms with Gasteiger partial charge in [-0.2, -0.15) is 4.39 Å². The molecule has 0 saturated carbocycles. The second-order valence-corrected chi connectivity index (χ2v) is 2.45. The van der Waals surface area contributed by atoms with E-state index in [-0.39, 0.29) is 5.97 Å². The van der Waals surface area contributed by atoms with Crippen LogP contribution in [0.2, 0.25) is 0 Å². The third-order valence-electron chi connectivity index (χ3n) is 0.906. The summed E-state index contributed by atoms with van der Waals surface area (Å²) in [5, 5.41) is 0. The highest BCUT2D eigenvalue weighted by Crippen LogP contribution is 2.01. The van der Waals surface area contributed by atoms with Gasteiger partial charge in [-0.1, -0.05) is 13.8 Å². The van der Waals surface area contributed by atoms with Crippen molar-refractivity contribution in [2.75, 3.05) is 6.54 Å². The van der Waals surface area contributed by atoms with Crippen molar-refractivity contribution >= 4 is 5.97 Å². The molecule has 0 rings (SSSR count). The minimum atomic E-state index is -0.215. The molecule has 0 amide bonds. The summed E-state index contributed by atoms with van der Waals surface area (Å²) < 4.78 is 12.4. The Kier molecular flexibility index (Phi) is 4.28. The minimum absolute atomic E-state index is 0.215. The van der Waals surface area contributed by atoms with Crippen LogP contribution in [0.1, 0.15) is 27.2 Å². The molecule has 9 heavy (non-hydrogen) atoms. The molecular formula is C7H14FN. The number of rotatable bonds is 3. The maximum atomic E-state index is 12.4. The highest BCUT2D eigenvalue weighted by atomic mass is 19.1. The van der Waals surface area contributed by atoms with E-state index in [1.807, 2.05) is 20.8 Å². The van der Waals surface area contributed by atoms with Crippen molar-refractivity contribution in [2.45, 2.75) is 27.2 Å². The van der Waals surface area contributed by atoms with Gasteiger partial charge < -0.3 is 0 Å². The quantitative estimate of drug-likeness (QED) is 0.521. The fourth-order valence-corrected chi connectivity index (χ4v) is 0.573. The van der Waals surface area contributed by atoms with Crippen LogP contribution in [0.3, 0.4) is 0 Å². The standard InChI is InChI=1S/C7H14FN/c1-4-9-7(8)5-6(2)3/h6H,4-5H2,1-3H3/b9-7+. The van der Waals surface area contributed by atoms with Gasteiger partial charge in [-0.3, -0.25) is 4.99 Å². The third kappa shape index (κ3) is 5.47. The Bertz CT molecular complexity index is 97.1. The second kappa shape index (κ2) is 4.48. The predicted molar refractivity (Wildman–Crippen MR) is 38.5 cm³/mol. The molecule has 0 heterocycles. The van der Waals surface area contributed by atoms with Crippen molar-refractivity contribution in [3.8, 4) is 0 Å². The lowest BCUT2D eigenvalue weighted by Crippen LogP contribution is -1.96. The molecule has 0 aromatic heterocycles. The van der Waals surface area contributed by atoms with Gasteiger partial charge in [-0.05, 0) is 12.8 Å². The van der Waals surface area contributed by atoms with Crippen LogP contribution in [0.25, 0.3) is 0 Å². The van der Waals surface area contributed by atoms with Crippen LogP contribution in [0.15, 0.2) is 4.99 Å². The first-order valence-electron chi connectivity index (χ1n) is 3.35. The molecule has 2 heteroatoms. The zero-order chi connectivity index (χ0) is 7.28. The first-order valence-corrected chi connectivity index (χ1v) is 3.35. The number of halogens is 1. The first-order chi connectivity index (χ1) is 4.16. The molecule has 0 aromatic rings. The Balaban J connectivity index is 3.49. The summed E-state index contributed by atoms with van der Waals surface area (Å²) in [6, 6.07) is 0. The van der Waals surface area contributed by atoms with Gasteiger partial charge in [0.2, 0.25) is 0 Å². The lowest BCUT2D eigenvalue weighted by Gasteiger charge is -1.98. The third-order valence-corrected chi connectivity index (χ3v) is 0.906. The van der Waals surface area contributed by atoms with Gasteiger partial charge in [0.25, 0.3) is 0 Å². The van der Waals surface area contributed by atoms with Crippen LogP contribution >= 0.6 is 0 Å². The molecular weight excluding hydrogens is 117 g/mol. The normalized spacial score (nSPS) is 12.8. The van der Waals surface area contributed by atoms with Crippen molar-refractivity contribution in [2.24, 2.45) is 10.9 Å². The van der Waals surface area contributed by atoms with Crippen LogP contribution in [0.4, 0.5) is 4.39 Å². The lowest BCUT2D eigenvalue weighted by molar-refractivity contribution is 0.627. The molecule has 0 atom stereocenters. The van der Waals surface area contributed by atoms with Crippen LogP contribution in [0.5, 0.6) is 0 Å². The molecule has 0 saturated heterocycles. The molecule has 0 fully saturated rings. The van der Waals surface area contributed by atoms with Crippen molar-refractivity contribution < 1.29 is 4.39 Å². The fraction of sp³-hybridized carbons (Fsp3) is 0.857. The molecule has 0 aliphatic carbocycles. The minimum Gasteiger partial charge on any atom is -0.262 e. The molecule has 0 aromatic carbocycles. The van der Waals surface area contributed by atoms with E-state index in [9.17, 15) is 4.39 Å². The molecule has 0 spiro atoms. The molecule has 0 bridgehead atoms. The molecule has 0 aliphatic heterocycles.